The SMILES string of the molecule is O=C(NCc1cn(-c2ccccc2)nc1-c1ccncc1)c1ccc(Cl)nc1. The fourth-order valence-electron chi connectivity index (χ4n) is 2.79. The van der Waals surface area contributed by atoms with Crippen molar-refractivity contribution in [3.05, 3.63) is 95.7 Å². The van der Waals surface area contributed by atoms with Crippen molar-refractivity contribution in [2.75, 3.05) is 0 Å². The molecular weight excluding hydrogens is 374 g/mol. The van der Waals surface area contributed by atoms with E-state index in [-0.39, 0.29) is 5.91 Å². The zero-order valence-corrected chi connectivity index (χ0v) is 15.5. The molecule has 0 saturated carbocycles. The third kappa shape index (κ3) is 3.92. The molecule has 4 aromatic rings. The predicted molar refractivity (Wildman–Crippen MR) is 107 cm³/mol. The summed E-state index contributed by atoms with van der Waals surface area (Å²) in [5, 5.41) is 7.99. The summed E-state index contributed by atoms with van der Waals surface area (Å²) in [5.74, 6) is -0.225. The lowest BCUT2D eigenvalue weighted by Gasteiger charge is -2.05. The van der Waals surface area contributed by atoms with E-state index in [1.165, 1.54) is 6.20 Å². The van der Waals surface area contributed by atoms with Gasteiger partial charge >= 0.3 is 0 Å². The molecule has 1 amide bonds. The maximum absolute atomic E-state index is 12.4. The van der Waals surface area contributed by atoms with Crippen molar-refractivity contribution in [1.82, 2.24) is 25.1 Å². The Hall–Kier alpha value is -3.51. The molecule has 3 heterocycles. The lowest BCUT2D eigenvalue weighted by atomic mass is 10.1. The van der Waals surface area contributed by atoms with Crippen LogP contribution in [0.4, 0.5) is 0 Å². The quantitative estimate of drug-likeness (QED) is 0.525. The topological polar surface area (TPSA) is 72.7 Å². The number of hydrogen-bond acceptors (Lipinski definition) is 4. The third-order valence-electron chi connectivity index (χ3n) is 4.19. The molecular formula is C21H16ClN5O. The van der Waals surface area contributed by atoms with Crippen molar-refractivity contribution < 1.29 is 4.79 Å². The van der Waals surface area contributed by atoms with Crippen LogP contribution in [0.25, 0.3) is 16.9 Å². The number of nitrogens with one attached hydrogen (secondary N) is 1. The minimum atomic E-state index is -0.225. The Bertz CT molecular complexity index is 1080. The van der Waals surface area contributed by atoms with Gasteiger partial charge in [-0.1, -0.05) is 29.8 Å². The molecule has 28 heavy (non-hydrogen) atoms. The van der Waals surface area contributed by atoms with Crippen LogP contribution in [-0.4, -0.2) is 25.7 Å². The zero-order chi connectivity index (χ0) is 19.3. The fraction of sp³-hybridized carbons (Fsp3) is 0.0476. The summed E-state index contributed by atoms with van der Waals surface area (Å²) in [5.41, 5.74) is 4.01. The van der Waals surface area contributed by atoms with Crippen molar-refractivity contribution in [1.29, 1.82) is 0 Å². The van der Waals surface area contributed by atoms with Gasteiger partial charge in [0.05, 0.1) is 16.9 Å². The van der Waals surface area contributed by atoms with Crippen molar-refractivity contribution in [2.45, 2.75) is 6.54 Å². The number of hydrogen-bond donors (Lipinski definition) is 1. The Kier molecular flexibility index (Phi) is 5.12. The second kappa shape index (κ2) is 8.02. The summed E-state index contributed by atoms with van der Waals surface area (Å²) >= 11 is 5.78. The minimum absolute atomic E-state index is 0.225. The molecule has 0 aliphatic heterocycles. The first-order chi connectivity index (χ1) is 13.7. The molecule has 0 unspecified atom stereocenters. The van der Waals surface area contributed by atoms with Gasteiger partial charge in [-0.3, -0.25) is 9.78 Å². The highest BCUT2D eigenvalue weighted by atomic mass is 35.5. The zero-order valence-electron chi connectivity index (χ0n) is 14.8. The van der Waals surface area contributed by atoms with Crippen LogP contribution in [0.3, 0.4) is 0 Å². The molecule has 1 aromatic carbocycles. The standard InChI is InChI=1S/C21H16ClN5O/c22-19-7-6-16(12-24-19)21(28)25-13-17-14-27(18-4-2-1-3-5-18)26-20(17)15-8-10-23-11-9-15/h1-12,14H,13H2,(H,25,28). The molecule has 4 rings (SSSR count). The molecule has 1 N–H and O–H groups in total. The molecule has 0 aliphatic carbocycles. The number of carbonyl (C=O) groups excluding carboxylic acids is 1. The Morgan fingerprint density at radius 2 is 1.82 bits per heavy atom. The van der Waals surface area contributed by atoms with Crippen LogP contribution in [0.1, 0.15) is 15.9 Å². The van der Waals surface area contributed by atoms with E-state index in [1.54, 1.807) is 29.2 Å². The molecule has 0 bridgehead atoms. The molecule has 7 heteroatoms. The van der Waals surface area contributed by atoms with Gasteiger partial charge in [0.15, 0.2) is 0 Å². The second-order valence-corrected chi connectivity index (χ2v) is 6.46. The van der Waals surface area contributed by atoms with Crippen molar-refractivity contribution in [3.8, 4) is 16.9 Å². The van der Waals surface area contributed by atoms with E-state index >= 15 is 0 Å². The number of amides is 1. The number of rotatable bonds is 5. The van der Waals surface area contributed by atoms with Crippen molar-refractivity contribution in [3.63, 3.8) is 0 Å². The van der Waals surface area contributed by atoms with Gasteiger partial charge in [-0.25, -0.2) is 9.67 Å². The van der Waals surface area contributed by atoms with Crippen LogP contribution in [0, 0.1) is 0 Å². The van der Waals surface area contributed by atoms with E-state index in [9.17, 15) is 4.79 Å². The highest BCUT2D eigenvalue weighted by Crippen LogP contribution is 2.23. The molecule has 0 fully saturated rings. The Balaban J connectivity index is 1.62. The molecule has 138 valence electrons. The van der Waals surface area contributed by atoms with Crippen LogP contribution >= 0.6 is 11.6 Å². The monoisotopic (exact) mass is 389 g/mol. The van der Waals surface area contributed by atoms with Crippen molar-refractivity contribution in [2.24, 2.45) is 0 Å². The first-order valence-electron chi connectivity index (χ1n) is 8.65. The molecule has 0 aliphatic rings. The highest BCUT2D eigenvalue weighted by molar-refractivity contribution is 6.29. The average molecular weight is 390 g/mol. The van der Waals surface area contributed by atoms with Gasteiger partial charge in [-0.05, 0) is 36.4 Å². The van der Waals surface area contributed by atoms with Crippen LogP contribution in [0.15, 0.2) is 79.4 Å². The number of pyridine rings is 2. The van der Waals surface area contributed by atoms with Crippen LogP contribution < -0.4 is 5.32 Å². The van der Waals surface area contributed by atoms with Gasteiger partial charge < -0.3 is 5.32 Å². The van der Waals surface area contributed by atoms with Gasteiger partial charge in [0.25, 0.3) is 5.91 Å². The van der Waals surface area contributed by atoms with E-state index in [2.05, 4.69) is 15.3 Å². The van der Waals surface area contributed by atoms with Gasteiger partial charge in [0.2, 0.25) is 0 Å². The summed E-state index contributed by atoms with van der Waals surface area (Å²) in [7, 11) is 0. The smallest absolute Gasteiger partial charge is 0.253 e. The minimum Gasteiger partial charge on any atom is -0.348 e. The molecule has 0 atom stereocenters. The summed E-state index contributed by atoms with van der Waals surface area (Å²) < 4.78 is 1.81. The Morgan fingerprint density at radius 3 is 2.54 bits per heavy atom. The average Bonchev–Trinajstić information content (AvgIpc) is 3.18. The van der Waals surface area contributed by atoms with E-state index < -0.39 is 0 Å². The van der Waals surface area contributed by atoms with Crippen LogP contribution in [0.5, 0.6) is 0 Å². The highest BCUT2D eigenvalue weighted by Gasteiger charge is 2.14. The number of nitrogens with zero attached hydrogens (tertiary/aromatic N) is 4. The molecule has 0 saturated heterocycles. The second-order valence-electron chi connectivity index (χ2n) is 6.07. The maximum Gasteiger partial charge on any atom is 0.253 e. The van der Waals surface area contributed by atoms with Gasteiger partial charge in [0, 0.05) is 42.5 Å². The first kappa shape index (κ1) is 17.9. The summed E-state index contributed by atoms with van der Waals surface area (Å²) in [4.78, 5) is 20.4. The number of benzene rings is 1. The van der Waals surface area contributed by atoms with E-state index in [0.717, 1.165) is 22.5 Å². The number of para-hydroxylation sites is 1. The number of halogens is 1. The molecule has 3 aromatic heterocycles. The summed E-state index contributed by atoms with van der Waals surface area (Å²) in [6.07, 6.45) is 6.82. The normalized spacial score (nSPS) is 10.6. The third-order valence-corrected chi connectivity index (χ3v) is 4.42. The lowest BCUT2D eigenvalue weighted by Crippen LogP contribution is -2.23. The largest absolute Gasteiger partial charge is 0.348 e. The van der Waals surface area contributed by atoms with E-state index in [4.69, 9.17) is 16.7 Å². The summed E-state index contributed by atoms with van der Waals surface area (Å²) in [6.45, 7) is 0.325. The maximum atomic E-state index is 12.4. The van der Waals surface area contributed by atoms with Crippen molar-refractivity contribution >= 4 is 17.5 Å². The predicted octanol–water partition coefficient (Wildman–Crippen LogP) is 3.91. The molecule has 0 spiro atoms. The Labute approximate surface area is 166 Å². The van der Waals surface area contributed by atoms with Crippen LogP contribution in [0.2, 0.25) is 5.15 Å². The van der Waals surface area contributed by atoms with Gasteiger partial charge in [-0.2, -0.15) is 5.10 Å². The Morgan fingerprint density at radius 1 is 1.04 bits per heavy atom. The van der Waals surface area contributed by atoms with E-state index in [1.807, 2.05) is 48.7 Å². The van der Waals surface area contributed by atoms with Gasteiger partial charge in [-0.15, -0.1) is 0 Å². The fourth-order valence-corrected chi connectivity index (χ4v) is 2.90. The number of aromatic nitrogens is 4. The number of carbonyl (C=O) groups is 1. The first-order valence-corrected chi connectivity index (χ1v) is 9.02. The lowest BCUT2D eigenvalue weighted by molar-refractivity contribution is 0.0950. The van der Waals surface area contributed by atoms with Gasteiger partial charge in [0.1, 0.15) is 5.15 Å². The molecule has 0 radical (unpaired) electrons. The molecule has 6 nitrogen and oxygen atoms in total. The van der Waals surface area contributed by atoms with E-state index in [0.29, 0.717) is 17.3 Å². The summed E-state index contributed by atoms with van der Waals surface area (Å²) in [6, 6.07) is 16.8. The van der Waals surface area contributed by atoms with Crippen LogP contribution in [-0.2, 0) is 6.54 Å².